The van der Waals surface area contributed by atoms with Gasteiger partial charge in [-0.2, -0.15) is 0 Å². The van der Waals surface area contributed by atoms with E-state index in [9.17, 15) is 0 Å². The van der Waals surface area contributed by atoms with E-state index >= 15 is 0 Å². The van der Waals surface area contributed by atoms with Gasteiger partial charge in [0.2, 0.25) is 0 Å². The summed E-state index contributed by atoms with van der Waals surface area (Å²) in [5.41, 5.74) is 12.7. The monoisotopic (exact) mass is 852 g/mol. The molecule has 0 amide bonds. The molecule has 0 fully saturated rings. The molecule has 0 aliphatic carbocycles. The van der Waals surface area contributed by atoms with Crippen LogP contribution in [0.1, 0.15) is 23.3 Å². The molecule has 0 atom stereocenters. The van der Waals surface area contributed by atoms with Crippen molar-refractivity contribution < 1.29 is 0 Å². The Kier molecular flexibility index (Phi) is 9.13. The average molecular weight is 853 g/mol. The van der Waals surface area contributed by atoms with Gasteiger partial charge >= 0.3 is 0 Å². The number of aromatic nitrogens is 10. The summed E-state index contributed by atoms with van der Waals surface area (Å²) in [5.74, 6) is 4.75. The zero-order chi connectivity index (χ0) is 44.5. The third kappa shape index (κ3) is 6.57. The highest BCUT2D eigenvalue weighted by molar-refractivity contribution is 6.12. The van der Waals surface area contributed by atoms with Crippen molar-refractivity contribution in [1.29, 1.82) is 0 Å². The number of fused-ring (bicyclic) bond motifs is 6. The Hall–Kier alpha value is -8.76. The van der Waals surface area contributed by atoms with Gasteiger partial charge in [0.25, 0.3) is 0 Å². The van der Waals surface area contributed by atoms with Crippen molar-refractivity contribution in [2.45, 2.75) is 27.7 Å². The van der Waals surface area contributed by atoms with Gasteiger partial charge in [-0.25, -0.2) is 39.9 Å². The molecule has 10 nitrogen and oxygen atoms in total. The van der Waals surface area contributed by atoms with Gasteiger partial charge in [0.15, 0.2) is 17.5 Å². The summed E-state index contributed by atoms with van der Waals surface area (Å²) >= 11 is 0. The molecular formula is C56H40N10. The Morgan fingerprint density at radius 2 is 0.667 bits per heavy atom. The van der Waals surface area contributed by atoms with Crippen LogP contribution in [-0.2, 0) is 0 Å². The van der Waals surface area contributed by atoms with Crippen molar-refractivity contribution in [3.8, 4) is 68.1 Å². The van der Waals surface area contributed by atoms with Crippen LogP contribution in [0.2, 0.25) is 0 Å². The fraction of sp³-hybridized carbons (Fsp3) is 0.0714. The maximum Gasteiger partial charge on any atom is 0.163 e. The van der Waals surface area contributed by atoms with Crippen LogP contribution in [0.25, 0.3) is 112 Å². The summed E-state index contributed by atoms with van der Waals surface area (Å²) in [4.78, 5) is 38.4. The second-order valence-electron chi connectivity index (χ2n) is 16.5. The molecule has 12 aromatic rings. The third-order valence-electron chi connectivity index (χ3n) is 12.2. The van der Waals surface area contributed by atoms with Gasteiger partial charge in [0, 0.05) is 49.4 Å². The van der Waals surface area contributed by atoms with Crippen LogP contribution < -0.4 is 0 Å². The van der Waals surface area contributed by atoms with Gasteiger partial charge in [-0.15, -0.1) is 0 Å². The minimum Gasteiger partial charge on any atom is -0.309 e. The summed E-state index contributed by atoms with van der Waals surface area (Å²) in [7, 11) is 0. The molecule has 314 valence electrons. The molecular weight excluding hydrogens is 813 g/mol. The number of benzene rings is 7. The summed E-state index contributed by atoms with van der Waals surface area (Å²) in [6.45, 7) is 7.62. The first kappa shape index (κ1) is 38.9. The maximum absolute atomic E-state index is 5.37. The number of hydrogen-bond acceptors (Lipinski definition) is 8. The minimum absolute atomic E-state index is 0.636. The second kappa shape index (κ2) is 15.5. The first-order chi connectivity index (χ1) is 32.3. The number of hydrogen-bond donors (Lipinski definition) is 0. The standard InChI is InChI=1S/C56H40N10/c1-33-57-34(2)60-55(59-33)38-26-28-52-44(30-38)40-18-8-12-22-48(40)65(52)50-24-14-10-20-42(50)46-32-47(64-54(63-46)37-16-6-5-7-17-37)43-21-11-15-25-51(43)66-49-23-13-9-19-41(49)45-31-39(27-29-53(45)66)56-61-35(3)58-36(4)62-56/h5-32H,1-4H3. The molecule has 10 heteroatoms. The van der Waals surface area contributed by atoms with Crippen LogP contribution >= 0.6 is 0 Å². The van der Waals surface area contributed by atoms with E-state index in [1.807, 2.05) is 45.9 Å². The Labute approximate surface area is 380 Å². The van der Waals surface area contributed by atoms with Gasteiger partial charge in [-0.05, 0) is 94.4 Å². The molecule has 0 saturated carbocycles. The van der Waals surface area contributed by atoms with Crippen molar-refractivity contribution in [3.63, 3.8) is 0 Å². The van der Waals surface area contributed by atoms with E-state index in [-0.39, 0.29) is 0 Å². The van der Waals surface area contributed by atoms with E-state index in [1.54, 1.807) is 0 Å². The molecule has 5 heterocycles. The lowest BCUT2D eigenvalue weighted by atomic mass is 10.0. The summed E-state index contributed by atoms with van der Waals surface area (Å²) in [5, 5.41) is 4.47. The molecule has 0 bridgehead atoms. The molecule has 0 unspecified atom stereocenters. The number of para-hydroxylation sites is 4. The van der Waals surface area contributed by atoms with Gasteiger partial charge in [0.05, 0.1) is 44.8 Å². The van der Waals surface area contributed by atoms with E-state index in [4.69, 9.17) is 29.9 Å². The average Bonchev–Trinajstić information content (AvgIpc) is 3.85. The van der Waals surface area contributed by atoms with Gasteiger partial charge in [0.1, 0.15) is 23.3 Å². The smallest absolute Gasteiger partial charge is 0.163 e. The molecule has 0 spiro atoms. The fourth-order valence-electron chi connectivity index (χ4n) is 9.44. The van der Waals surface area contributed by atoms with Crippen LogP contribution in [-0.4, -0.2) is 49.0 Å². The predicted octanol–water partition coefficient (Wildman–Crippen LogP) is 12.6. The first-order valence-corrected chi connectivity index (χ1v) is 21.9. The van der Waals surface area contributed by atoms with E-state index < -0.39 is 0 Å². The molecule has 12 rings (SSSR count). The van der Waals surface area contributed by atoms with Crippen LogP contribution in [0.5, 0.6) is 0 Å². The van der Waals surface area contributed by atoms with Crippen LogP contribution in [0.4, 0.5) is 0 Å². The molecule has 0 saturated heterocycles. The molecule has 0 aliphatic rings. The maximum atomic E-state index is 5.37. The summed E-state index contributed by atoms with van der Waals surface area (Å²) in [6, 6.07) is 59.4. The molecule has 0 N–H and O–H groups in total. The van der Waals surface area contributed by atoms with Crippen molar-refractivity contribution in [1.82, 2.24) is 49.0 Å². The predicted molar refractivity (Wildman–Crippen MR) is 264 cm³/mol. The Morgan fingerprint density at radius 1 is 0.288 bits per heavy atom. The Morgan fingerprint density at radius 3 is 1.14 bits per heavy atom. The summed E-state index contributed by atoms with van der Waals surface area (Å²) in [6.07, 6.45) is 0. The SMILES string of the molecule is Cc1nc(C)nc(-c2ccc3c(c2)c2ccccc2n3-c2ccccc2-c2cc(-c3ccccc3-n3c4ccccc4c4cc(-c5nc(C)nc(C)n5)ccc43)nc(-c3ccccc3)n2)n1. The largest absolute Gasteiger partial charge is 0.309 e. The number of nitrogens with zero attached hydrogens (tertiary/aromatic N) is 10. The van der Waals surface area contributed by atoms with E-state index in [0.29, 0.717) is 40.8 Å². The van der Waals surface area contributed by atoms with Crippen LogP contribution in [0, 0.1) is 27.7 Å². The van der Waals surface area contributed by atoms with Crippen molar-refractivity contribution in [2.24, 2.45) is 0 Å². The topological polar surface area (TPSA) is 113 Å². The fourth-order valence-corrected chi connectivity index (χ4v) is 9.44. The molecule has 7 aromatic carbocycles. The Bertz CT molecular complexity index is 3620. The molecule has 0 aliphatic heterocycles. The van der Waals surface area contributed by atoms with Gasteiger partial charge < -0.3 is 9.13 Å². The van der Waals surface area contributed by atoms with Crippen molar-refractivity contribution in [3.05, 3.63) is 193 Å². The van der Waals surface area contributed by atoms with Crippen LogP contribution in [0.3, 0.4) is 0 Å². The Balaban J connectivity index is 1.06. The molecule has 5 aromatic heterocycles. The molecule has 0 radical (unpaired) electrons. The minimum atomic E-state index is 0.636. The van der Waals surface area contributed by atoms with E-state index in [0.717, 1.165) is 94.2 Å². The first-order valence-electron chi connectivity index (χ1n) is 21.9. The highest BCUT2D eigenvalue weighted by Crippen LogP contribution is 2.41. The number of rotatable bonds is 7. The van der Waals surface area contributed by atoms with Crippen LogP contribution in [0.15, 0.2) is 170 Å². The normalized spacial score (nSPS) is 11.6. The number of aryl methyl sites for hydroxylation is 4. The van der Waals surface area contributed by atoms with Gasteiger partial charge in [-0.1, -0.05) is 103 Å². The highest BCUT2D eigenvalue weighted by Gasteiger charge is 2.22. The lowest BCUT2D eigenvalue weighted by Gasteiger charge is -2.17. The quantitative estimate of drug-likeness (QED) is 0.156. The lowest BCUT2D eigenvalue weighted by Crippen LogP contribution is -2.02. The lowest BCUT2D eigenvalue weighted by molar-refractivity contribution is 0.928. The second-order valence-corrected chi connectivity index (χ2v) is 16.5. The zero-order valence-electron chi connectivity index (χ0n) is 36.6. The summed E-state index contributed by atoms with van der Waals surface area (Å²) < 4.78 is 4.69. The van der Waals surface area contributed by atoms with Crippen molar-refractivity contribution >= 4 is 43.6 Å². The van der Waals surface area contributed by atoms with Gasteiger partial charge in [-0.3, -0.25) is 0 Å². The van der Waals surface area contributed by atoms with E-state index in [2.05, 4.69) is 171 Å². The van der Waals surface area contributed by atoms with E-state index in [1.165, 1.54) is 0 Å². The van der Waals surface area contributed by atoms with Crippen molar-refractivity contribution in [2.75, 3.05) is 0 Å². The molecule has 66 heavy (non-hydrogen) atoms. The third-order valence-corrected chi connectivity index (χ3v) is 12.2. The highest BCUT2D eigenvalue weighted by atomic mass is 15.0. The zero-order valence-corrected chi connectivity index (χ0v) is 36.6.